The fourth-order valence-corrected chi connectivity index (χ4v) is 2.98. The molecule has 1 amide bonds. The van der Waals surface area contributed by atoms with Crippen LogP contribution < -0.4 is 0 Å². The minimum Gasteiger partial charge on any atom is -0.381 e. The number of benzene rings is 1. The number of carbonyl (C=O) groups is 1. The summed E-state index contributed by atoms with van der Waals surface area (Å²) in [4.78, 5) is 14.8. The molecule has 1 saturated heterocycles. The molecular weight excluding hydrogens is 318 g/mol. The van der Waals surface area contributed by atoms with Gasteiger partial charge in [-0.2, -0.15) is 0 Å². The van der Waals surface area contributed by atoms with Crippen molar-refractivity contribution < 1.29 is 9.53 Å². The summed E-state index contributed by atoms with van der Waals surface area (Å²) in [6.07, 6.45) is 3.37. The van der Waals surface area contributed by atoms with E-state index in [4.69, 9.17) is 4.74 Å². The monoisotopic (exact) mass is 337 g/mol. The van der Waals surface area contributed by atoms with Gasteiger partial charge in [0, 0.05) is 35.1 Å². The molecule has 3 nitrogen and oxygen atoms in total. The molecule has 4 heteroatoms. The second-order valence-electron chi connectivity index (χ2n) is 5.88. The van der Waals surface area contributed by atoms with Crippen molar-refractivity contribution in [1.29, 1.82) is 0 Å². The van der Waals surface area contributed by atoms with E-state index in [1.165, 1.54) is 0 Å². The average Bonchev–Trinajstić information content (AvgIpc) is 3.15. The number of rotatable bonds is 4. The molecule has 2 fully saturated rings. The average molecular weight is 338 g/mol. The Morgan fingerprint density at radius 1 is 1.40 bits per heavy atom. The number of hydrogen-bond donors (Lipinski definition) is 0. The summed E-state index contributed by atoms with van der Waals surface area (Å²) in [6, 6.07) is 6.31. The van der Waals surface area contributed by atoms with Crippen molar-refractivity contribution in [2.45, 2.75) is 32.2 Å². The zero-order valence-electron chi connectivity index (χ0n) is 11.8. The van der Waals surface area contributed by atoms with E-state index < -0.39 is 0 Å². The van der Waals surface area contributed by atoms with Crippen LogP contribution in [-0.4, -0.2) is 36.6 Å². The molecule has 1 saturated carbocycles. The second kappa shape index (κ2) is 5.86. The summed E-state index contributed by atoms with van der Waals surface area (Å²) >= 11 is 3.49. The summed E-state index contributed by atoms with van der Waals surface area (Å²) in [7, 11) is 0. The van der Waals surface area contributed by atoms with Gasteiger partial charge in [-0.1, -0.05) is 15.9 Å². The maximum Gasteiger partial charge on any atom is 0.254 e. The van der Waals surface area contributed by atoms with Gasteiger partial charge in [0.1, 0.15) is 0 Å². The third kappa shape index (κ3) is 3.07. The Hall–Kier alpha value is -0.870. The molecule has 1 atom stereocenters. The molecule has 1 aliphatic heterocycles. The van der Waals surface area contributed by atoms with E-state index in [1.54, 1.807) is 0 Å². The molecule has 1 unspecified atom stereocenters. The fourth-order valence-electron chi connectivity index (χ4n) is 2.73. The highest BCUT2D eigenvalue weighted by molar-refractivity contribution is 9.10. The molecule has 1 aromatic carbocycles. The standard InChI is InChI=1S/C16H20BrNO2/c1-11-8-13(2-5-15(11)17)16(19)18(14-3-4-14)9-12-6-7-20-10-12/h2,5,8,12,14H,3-4,6-7,9-10H2,1H3. The number of halogens is 1. The normalized spacial score (nSPS) is 22.0. The molecule has 0 N–H and O–H groups in total. The Labute approximate surface area is 128 Å². The quantitative estimate of drug-likeness (QED) is 0.842. The molecule has 108 valence electrons. The van der Waals surface area contributed by atoms with Gasteiger partial charge in [0.2, 0.25) is 0 Å². The lowest BCUT2D eigenvalue weighted by Gasteiger charge is -2.25. The minimum absolute atomic E-state index is 0.176. The van der Waals surface area contributed by atoms with Crippen LogP contribution in [0.5, 0.6) is 0 Å². The highest BCUT2D eigenvalue weighted by Gasteiger charge is 2.35. The number of ether oxygens (including phenoxy) is 1. The fraction of sp³-hybridized carbons (Fsp3) is 0.562. The Balaban J connectivity index is 1.75. The number of amides is 1. The summed E-state index contributed by atoms with van der Waals surface area (Å²) in [6.45, 7) is 4.51. The van der Waals surface area contributed by atoms with Crippen molar-refractivity contribution >= 4 is 21.8 Å². The second-order valence-corrected chi connectivity index (χ2v) is 6.74. The van der Waals surface area contributed by atoms with Crippen molar-refractivity contribution in [1.82, 2.24) is 4.90 Å². The summed E-state index contributed by atoms with van der Waals surface area (Å²) < 4.78 is 6.49. The van der Waals surface area contributed by atoms with Crippen LogP contribution in [0.1, 0.15) is 35.2 Å². The Morgan fingerprint density at radius 3 is 2.80 bits per heavy atom. The Morgan fingerprint density at radius 2 is 2.20 bits per heavy atom. The summed E-state index contributed by atoms with van der Waals surface area (Å²) in [5.74, 6) is 0.686. The third-order valence-corrected chi connectivity index (χ3v) is 5.02. The lowest BCUT2D eigenvalue weighted by Crippen LogP contribution is -2.37. The van der Waals surface area contributed by atoms with E-state index in [2.05, 4.69) is 20.8 Å². The van der Waals surface area contributed by atoms with Crippen molar-refractivity contribution in [2.75, 3.05) is 19.8 Å². The molecule has 1 aliphatic carbocycles. The summed E-state index contributed by atoms with van der Waals surface area (Å²) in [5, 5.41) is 0. The van der Waals surface area contributed by atoms with Crippen LogP contribution in [0.2, 0.25) is 0 Å². The largest absolute Gasteiger partial charge is 0.381 e. The van der Waals surface area contributed by atoms with Gasteiger partial charge in [0.25, 0.3) is 5.91 Å². The zero-order valence-corrected chi connectivity index (χ0v) is 13.4. The summed E-state index contributed by atoms with van der Waals surface area (Å²) in [5.41, 5.74) is 1.91. The highest BCUT2D eigenvalue weighted by atomic mass is 79.9. The van der Waals surface area contributed by atoms with Crippen LogP contribution in [0.15, 0.2) is 22.7 Å². The van der Waals surface area contributed by atoms with Gasteiger partial charge in [-0.05, 0) is 49.9 Å². The van der Waals surface area contributed by atoms with Gasteiger partial charge in [-0.15, -0.1) is 0 Å². The predicted octanol–water partition coefficient (Wildman–Crippen LogP) is 3.40. The SMILES string of the molecule is Cc1cc(C(=O)N(CC2CCOC2)C2CC2)ccc1Br. The molecule has 0 radical (unpaired) electrons. The maximum atomic E-state index is 12.7. The molecule has 1 aromatic rings. The van der Waals surface area contributed by atoms with Crippen molar-refractivity contribution in [3.05, 3.63) is 33.8 Å². The maximum absolute atomic E-state index is 12.7. The van der Waals surface area contributed by atoms with E-state index in [9.17, 15) is 4.79 Å². The van der Waals surface area contributed by atoms with Crippen LogP contribution in [0.3, 0.4) is 0 Å². The van der Waals surface area contributed by atoms with Gasteiger partial charge in [0.15, 0.2) is 0 Å². The van der Waals surface area contributed by atoms with E-state index in [0.29, 0.717) is 12.0 Å². The topological polar surface area (TPSA) is 29.5 Å². The first-order valence-electron chi connectivity index (χ1n) is 7.30. The van der Waals surface area contributed by atoms with Crippen LogP contribution in [0, 0.1) is 12.8 Å². The van der Waals surface area contributed by atoms with Gasteiger partial charge in [-0.3, -0.25) is 4.79 Å². The number of aryl methyl sites for hydroxylation is 1. The number of hydrogen-bond acceptors (Lipinski definition) is 2. The van der Waals surface area contributed by atoms with E-state index in [0.717, 1.165) is 54.6 Å². The zero-order chi connectivity index (χ0) is 14.1. The predicted molar refractivity (Wildman–Crippen MR) is 81.9 cm³/mol. The molecule has 0 aromatic heterocycles. The smallest absolute Gasteiger partial charge is 0.254 e. The minimum atomic E-state index is 0.176. The van der Waals surface area contributed by atoms with Crippen LogP contribution in [0.25, 0.3) is 0 Å². The lowest BCUT2D eigenvalue weighted by molar-refractivity contribution is 0.0706. The first-order chi connectivity index (χ1) is 9.65. The van der Waals surface area contributed by atoms with Crippen LogP contribution in [-0.2, 0) is 4.74 Å². The Kier molecular flexibility index (Phi) is 4.13. The van der Waals surface area contributed by atoms with E-state index in [1.807, 2.05) is 25.1 Å². The molecule has 0 bridgehead atoms. The molecule has 2 aliphatic rings. The van der Waals surface area contributed by atoms with E-state index >= 15 is 0 Å². The lowest BCUT2D eigenvalue weighted by atomic mass is 10.1. The highest BCUT2D eigenvalue weighted by Crippen LogP contribution is 2.31. The molecule has 20 heavy (non-hydrogen) atoms. The van der Waals surface area contributed by atoms with Gasteiger partial charge >= 0.3 is 0 Å². The van der Waals surface area contributed by atoms with Crippen molar-refractivity contribution in [3.8, 4) is 0 Å². The third-order valence-electron chi connectivity index (χ3n) is 4.13. The molecular formula is C16H20BrNO2. The number of carbonyl (C=O) groups excluding carboxylic acids is 1. The first-order valence-corrected chi connectivity index (χ1v) is 8.09. The molecule has 1 heterocycles. The van der Waals surface area contributed by atoms with Gasteiger partial charge in [-0.25, -0.2) is 0 Å². The van der Waals surface area contributed by atoms with Gasteiger partial charge < -0.3 is 9.64 Å². The van der Waals surface area contributed by atoms with Crippen molar-refractivity contribution in [3.63, 3.8) is 0 Å². The first kappa shape index (κ1) is 14.1. The molecule has 3 rings (SSSR count). The van der Waals surface area contributed by atoms with Crippen molar-refractivity contribution in [2.24, 2.45) is 5.92 Å². The Bertz CT molecular complexity index is 507. The van der Waals surface area contributed by atoms with E-state index in [-0.39, 0.29) is 5.91 Å². The van der Waals surface area contributed by atoms with Gasteiger partial charge in [0.05, 0.1) is 6.61 Å². The molecule has 0 spiro atoms. The number of nitrogens with zero attached hydrogens (tertiary/aromatic N) is 1. The van der Waals surface area contributed by atoms with Crippen LogP contribution >= 0.6 is 15.9 Å². The van der Waals surface area contributed by atoms with Crippen LogP contribution in [0.4, 0.5) is 0 Å².